The minimum atomic E-state index is -0.309. The molecule has 2 aromatic carbocycles. The molecule has 0 saturated carbocycles. The summed E-state index contributed by atoms with van der Waals surface area (Å²) >= 11 is 4.87. The van der Waals surface area contributed by atoms with Crippen LogP contribution in [0.5, 0.6) is 5.75 Å². The van der Waals surface area contributed by atoms with E-state index in [9.17, 15) is 4.39 Å². The third-order valence-electron chi connectivity index (χ3n) is 2.44. The maximum atomic E-state index is 12.9. The molecule has 0 aliphatic rings. The third-order valence-corrected chi connectivity index (χ3v) is 2.68. The lowest BCUT2D eigenvalue weighted by Gasteiger charge is -2.07. The zero-order valence-corrected chi connectivity index (χ0v) is 10.4. The molecule has 0 atom stereocenters. The van der Waals surface area contributed by atoms with Gasteiger partial charge < -0.3 is 10.5 Å². The van der Waals surface area contributed by atoms with Gasteiger partial charge in [-0.25, -0.2) is 4.39 Å². The average molecular weight is 261 g/mol. The smallest absolute Gasteiger partial charge is 0.126 e. The normalized spacial score (nSPS) is 10.1. The first-order valence-corrected chi connectivity index (χ1v) is 5.83. The summed E-state index contributed by atoms with van der Waals surface area (Å²) in [6, 6.07) is 13.5. The van der Waals surface area contributed by atoms with E-state index >= 15 is 0 Å². The molecule has 0 bridgehead atoms. The van der Waals surface area contributed by atoms with E-state index in [0.717, 1.165) is 11.1 Å². The van der Waals surface area contributed by atoms with Crippen LogP contribution in [-0.2, 0) is 6.61 Å². The summed E-state index contributed by atoms with van der Waals surface area (Å²) < 4.78 is 18.4. The summed E-state index contributed by atoms with van der Waals surface area (Å²) in [5, 5.41) is 0. The van der Waals surface area contributed by atoms with Crippen molar-refractivity contribution in [2.75, 3.05) is 0 Å². The fourth-order valence-electron chi connectivity index (χ4n) is 1.49. The highest BCUT2D eigenvalue weighted by atomic mass is 32.1. The highest BCUT2D eigenvalue weighted by Gasteiger charge is 1.99. The largest absolute Gasteiger partial charge is 0.489 e. The Morgan fingerprint density at radius 2 is 1.89 bits per heavy atom. The standard InChI is InChI=1S/C14H12FNOS/c15-12-2-1-3-13(8-12)17-9-10-4-6-11(7-5-10)14(16)18/h1-8H,9H2,(H2,16,18). The Balaban J connectivity index is 2.00. The fraction of sp³-hybridized carbons (Fsp3) is 0.0714. The highest BCUT2D eigenvalue weighted by Crippen LogP contribution is 2.14. The lowest BCUT2D eigenvalue weighted by molar-refractivity contribution is 0.304. The minimum Gasteiger partial charge on any atom is -0.489 e. The molecule has 0 radical (unpaired) electrons. The molecule has 2 aromatic rings. The summed E-state index contributed by atoms with van der Waals surface area (Å²) in [6.07, 6.45) is 0. The van der Waals surface area contributed by atoms with Gasteiger partial charge in [0.1, 0.15) is 23.2 Å². The monoisotopic (exact) mass is 261 g/mol. The van der Waals surface area contributed by atoms with Crippen molar-refractivity contribution in [3.8, 4) is 5.75 Å². The van der Waals surface area contributed by atoms with Gasteiger partial charge in [0.25, 0.3) is 0 Å². The van der Waals surface area contributed by atoms with Crippen LogP contribution in [0.25, 0.3) is 0 Å². The van der Waals surface area contributed by atoms with E-state index < -0.39 is 0 Å². The van der Waals surface area contributed by atoms with Crippen LogP contribution in [0.1, 0.15) is 11.1 Å². The lowest BCUT2D eigenvalue weighted by atomic mass is 10.1. The molecule has 0 aliphatic heterocycles. The Morgan fingerprint density at radius 1 is 1.17 bits per heavy atom. The van der Waals surface area contributed by atoms with E-state index in [4.69, 9.17) is 22.7 Å². The van der Waals surface area contributed by atoms with E-state index in [-0.39, 0.29) is 5.82 Å². The molecule has 92 valence electrons. The van der Waals surface area contributed by atoms with Crippen LogP contribution in [-0.4, -0.2) is 4.99 Å². The van der Waals surface area contributed by atoms with Crippen LogP contribution in [0.3, 0.4) is 0 Å². The number of hydrogen-bond donors (Lipinski definition) is 1. The van der Waals surface area contributed by atoms with Gasteiger partial charge in [0, 0.05) is 11.6 Å². The zero-order chi connectivity index (χ0) is 13.0. The van der Waals surface area contributed by atoms with Crippen molar-refractivity contribution < 1.29 is 9.13 Å². The zero-order valence-electron chi connectivity index (χ0n) is 9.60. The van der Waals surface area contributed by atoms with E-state index in [1.807, 2.05) is 24.3 Å². The van der Waals surface area contributed by atoms with Crippen molar-refractivity contribution in [1.82, 2.24) is 0 Å². The van der Waals surface area contributed by atoms with Gasteiger partial charge in [-0.15, -0.1) is 0 Å². The summed E-state index contributed by atoms with van der Waals surface area (Å²) in [5.41, 5.74) is 7.29. The van der Waals surface area contributed by atoms with Gasteiger partial charge in [-0.2, -0.15) is 0 Å². The van der Waals surface area contributed by atoms with Crippen LogP contribution >= 0.6 is 12.2 Å². The second-order valence-electron chi connectivity index (χ2n) is 3.81. The van der Waals surface area contributed by atoms with Crippen LogP contribution in [0.4, 0.5) is 4.39 Å². The molecule has 0 heterocycles. The number of thiocarbonyl (C=S) groups is 1. The van der Waals surface area contributed by atoms with Gasteiger partial charge >= 0.3 is 0 Å². The molecule has 4 heteroatoms. The number of rotatable bonds is 4. The quantitative estimate of drug-likeness (QED) is 0.859. The maximum absolute atomic E-state index is 12.9. The predicted octanol–water partition coefficient (Wildman–Crippen LogP) is 3.04. The minimum absolute atomic E-state index is 0.309. The SMILES string of the molecule is NC(=S)c1ccc(COc2cccc(F)c2)cc1. The molecule has 0 fully saturated rings. The summed E-state index contributed by atoms with van der Waals surface area (Å²) in [5.74, 6) is 0.199. The van der Waals surface area contributed by atoms with Crippen LogP contribution in [0, 0.1) is 5.82 Å². The Hall–Kier alpha value is -1.94. The second-order valence-corrected chi connectivity index (χ2v) is 4.25. The van der Waals surface area contributed by atoms with Gasteiger partial charge in [0.15, 0.2) is 0 Å². The molecule has 2 N–H and O–H groups in total. The average Bonchev–Trinajstić information content (AvgIpc) is 2.37. The molecule has 0 spiro atoms. The Kier molecular flexibility index (Phi) is 3.89. The number of nitrogens with two attached hydrogens (primary N) is 1. The molecule has 0 aliphatic carbocycles. The summed E-state index contributed by atoms with van der Waals surface area (Å²) in [4.78, 5) is 0.368. The first-order chi connectivity index (χ1) is 8.65. The molecule has 2 nitrogen and oxygen atoms in total. The van der Waals surface area contributed by atoms with Crippen LogP contribution in [0.15, 0.2) is 48.5 Å². The van der Waals surface area contributed by atoms with Crippen molar-refractivity contribution in [3.05, 3.63) is 65.5 Å². The van der Waals surface area contributed by atoms with Crippen molar-refractivity contribution in [3.63, 3.8) is 0 Å². The van der Waals surface area contributed by atoms with Crippen molar-refractivity contribution in [2.24, 2.45) is 5.73 Å². The topological polar surface area (TPSA) is 35.2 Å². The first kappa shape index (κ1) is 12.5. The molecular formula is C14H12FNOS. The molecule has 0 aromatic heterocycles. The van der Waals surface area contributed by atoms with E-state index in [1.165, 1.54) is 12.1 Å². The predicted molar refractivity (Wildman–Crippen MR) is 73.1 cm³/mol. The molecule has 0 saturated heterocycles. The molecule has 18 heavy (non-hydrogen) atoms. The van der Waals surface area contributed by atoms with E-state index in [1.54, 1.807) is 12.1 Å². The van der Waals surface area contributed by atoms with Gasteiger partial charge in [-0.05, 0) is 17.7 Å². The van der Waals surface area contributed by atoms with Gasteiger partial charge in [-0.3, -0.25) is 0 Å². The highest BCUT2D eigenvalue weighted by molar-refractivity contribution is 7.80. The van der Waals surface area contributed by atoms with Gasteiger partial charge in [0.05, 0.1) is 0 Å². The molecule has 2 rings (SSSR count). The Labute approximate surface area is 110 Å². The maximum Gasteiger partial charge on any atom is 0.126 e. The number of benzene rings is 2. The van der Waals surface area contributed by atoms with Crippen LogP contribution < -0.4 is 10.5 Å². The Bertz CT molecular complexity index is 554. The number of hydrogen-bond acceptors (Lipinski definition) is 2. The third kappa shape index (κ3) is 3.28. The molecule has 0 unspecified atom stereocenters. The number of ether oxygens (including phenoxy) is 1. The Morgan fingerprint density at radius 3 is 2.50 bits per heavy atom. The fourth-order valence-corrected chi connectivity index (χ4v) is 1.62. The van der Waals surface area contributed by atoms with E-state index in [2.05, 4.69) is 0 Å². The molecular weight excluding hydrogens is 249 g/mol. The number of halogens is 1. The second kappa shape index (κ2) is 5.60. The summed E-state index contributed by atoms with van der Waals surface area (Å²) in [7, 11) is 0. The molecule has 0 amide bonds. The van der Waals surface area contributed by atoms with Gasteiger partial charge in [-0.1, -0.05) is 42.5 Å². The first-order valence-electron chi connectivity index (χ1n) is 5.42. The van der Waals surface area contributed by atoms with Gasteiger partial charge in [0.2, 0.25) is 0 Å². The van der Waals surface area contributed by atoms with E-state index in [0.29, 0.717) is 17.3 Å². The lowest BCUT2D eigenvalue weighted by Crippen LogP contribution is -2.09. The summed E-state index contributed by atoms with van der Waals surface area (Å²) in [6.45, 7) is 0.376. The van der Waals surface area contributed by atoms with Crippen molar-refractivity contribution in [1.29, 1.82) is 0 Å². The van der Waals surface area contributed by atoms with Crippen LogP contribution in [0.2, 0.25) is 0 Å². The van der Waals surface area contributed by atoms with Crippen molar-refractivity contribution >= 4 is 17.2 Å². The van der Waals surface area contributed by atoms with Crippen molar-refractivity contribution in [2.45, 2.75) is 6.61 Å².